The first kappa shape index (κ1) is 13.8. The number of carbonyl (C=O) groups is 1. The van der Waals surface area contributed by atoms with Crippen LogP contribution < -0.4 is 5.32 Å². The largest absolute Gasteiger partial charge is 0.465 e. The summed E-state index contributed by atoms with van der Waals surface area (Å²) in [5.74, 6) is -0.0692. The number of thioether (sulfide) groups is 1. The molecule has 0 amide bonds. The fourth-order valence-electron chi connectivity index (χ4n) is 2.40. The Morgan fingerprint density at radius 1 is 1.62 bits per heavy atom. The van der Waals surface area contributed by atoms with Crippen molar-refractivity contribution in [1.29, 1.82) is 0 Å². The van der Waals surface area contributed by atoms with Gasteiger partial charge < -0.3 is 4.74 Å². The molecular formula is C12H23NO2S. The zero-order valence-corrected chi connectivity index (χ0v) is 11.5. The van der Waals surface area contributed by atoms with E-state index < -0.39 is 5.54 Å². The van der Waals surface area contributed by atoms with Crippen LogP contribution in [0.25, 0.3) is 0 Å². The van der Waals surface area contributed by atoms with Crippen LogP contribution in [0.4, 0.5) is 0 Å². The second kappa shape index (κ2) is 5.92. The van der Waals surface area contributed by atoms with E-state index in [0.717, 1.165) is 19.3 Å². The topological polar surface area (TPSA) is 38.3 Å². The third-order valence-corrected chi connectivity index (χ3v) is 4.10. The Balaban J connectivity index is 2.74. The lowest BCUT2D eigenvalue weighted by atomic mass is 9.96. The van der Waals surface area contributed by atoms with Crippen molar-refractivity contribution in [2.45, 2.75) is 56.9 Å². The predicted molar refractivity (Wildman–Crippen MR) is 68.8 cm³/mol. The van der Waals surface area contributed by atoms with Crippen LogP contribution in [-0.2, 0) is 9.53 Å². The van der Waals surface area contributed by atoms with Gasteiger partial charge in [-0.2, -0.15) is 11.8 Å². The van der Waals surface area contributed by atoms with E-state index in [0.29, 0.717) is 17.9 Å². The highest BCUT2D eigenvalue weighted by atomic mass is 32.2. The van der Waals surface area contributed by atoms with E-state index in [2.05, 4.69) is 25.4 Å². The SMILES string of the molecule is CCOC(=O)C1(NC(C)C)CCC(SC)C1. The van der Waals surface area contributed by atoms with Crippen molar-refractivity contribution in [3.8, 4) is 0 Å². The number of carbonyl (C=O) groups excluding carboxylic acids is 1. The van der Waals surface area contributed by atoms with Crippen molar-refractivity contribution < 1.29 is 9.53 Å². The number of hydrogen-bond donors (Lipinski definition) is 1. The second-order valence-electron chi connectivity index (χ2n) is 4.70. The first-order chi connectivity index (χ1) is 7.54. The molecule has 2 unspecified atom stereocenters. The van der Waals surface area contributed by atoms with E-state index in [9.17, 15) is 4.79 Å². The number of esters is 1. The number of hydrogen-bond acceptors (Lipinski definition) is 4. The fraction of sp³-hybridized carbons (Fsp3) is 0.917. The van der Waals surface area contributed by atoms with Gasteiger partial charge in [-0.15, -0.1) is 0 Å². The molecule has 0 aliphatic heterocycles. The van der Waals surface area contributed by atoms with Crippen LogP contribution in [-0.4, -0.2) is 35.7 Å². The summed E-state index contributed by atoms with van der Waals surface area (Å²) in [6.07, 6.45) is 5.00. The maximum atomic E-state index is 12.1. The molecular weight excluding hydrogens is 222 g/mol. The van der Waals surface area contributed by atoms with E-state index in [1.165, 1.54) is 0 Å². The molecule has 1 saturated carbocycles. The summed E-state index contributed by atoms with van der Waals surface area (Å²) in [6, 6.07) is 0.310. The van der Waals surface area contributed by atoms with Gasteiger partial charge >= 0.3 is 5.97 Å². The normalized spacial score (nSPS) is 29.7. The molecule has 0 radical (unpaired) electrons. The monoisotopic (exact) mass is 245 g/mol. The van der Waals surface area contributed by atoms with E-state index in [1.807, 2.05) is 18.7 Å². The van der Waals surface area contributed by atoms with Crippen LogP contribution in [0.3, 0.4) is 0 Å². The summed E-state index contributed by atoms with van der Waals surface area (Å²) in [6.45, 7) is 6.48. The predicted octanol–water partition coefficient (Wildman–Crippen LogP) is 2.20. The number of rotatable bonds is 5. The summed E-state index contributed by atoms with van der Waals surface area (Å²) >= 11 is 1.85. The minimum absolute atomic E-state index is 0.0692. The van der Waals surface area contributed by atoms with Crippen molar-refractivity contribution in [2.75, 3.05) is 12.9 Å². The van der Waals surface area contributed by atoms with Crippen molar-refractivity contribution in [3.63, 3.8) is 0 Å². The summed E-state index contributed by atoms with van der Waals surface area (Å²) < 4.78 is 5.21. The van der Waals surface area contributed by atoms with Crippen LogP contribution in [0.5, 0.6) is 0 Å². The summed E-state index contributed by atoms with van der Waals surface area (Å²) in [5, 5.41) is 4.00. The molecule has 1 fully saturated rings. The van der Waals surface area contributed by atoms with E-state index >= 15 is 0 Å². The molecule has 1 aliphatic carbocycles. The average molecular weight is 245 g/mol. The highest BCUT2D eigenvalue weighted by Gasteiger charge is 2.46. The number of nitrogens with one attached hydrogen (secondary N) is 1. The van der Waals surface area contributed by atoms with Crippen molar-refractivity contribution in [1.82, 2.24) is 5.32 Å². The Kier molecular flexibility index (Phi) is 5.12. The molecule has 4 heteroatoms. The molecule has 0 aromatic rings. The first-order valence-corrected chi connectivity index (χ1v) is 7.30. The van der Waals surface area contributed by atoms with Crippen molar-refractivity contribution in [2.24, 2.45) is 0 Å². The lowest BCUT2D eigenvalue weighted by Gasteiger charge is -2.30. The number of ether oxygens (including phenoxy) is 1. The van der Waals surface area contributed by atoms with Gasteiger partial charge in [0.15, 0.2) is 0 Å². The molecule has 3 nitrogen and oxygen atoms in total. The Labute approximate surface area is 103 Å². The highest BCUT2D eigenvalue weighted by molar-refractivity contribution is 7.99. The molecule has 94 valence electrons. The molecule has 0 spiro atoms. The first-order valence-electron chi connectivity index (χ1n) is 6.01. The maximum absolute atomic E-state index is 12.1. The van der Waals surface area contributed by atoms with Gasteiger partial charge in [0.1, 0.15) is 5.54 Å². The van der Waals surface area contributed by atoms with E-state index in [1.54, 1.807) is 0 Å². The van der Waals surface area contributed by atoms with Gasteiger partial charge in [0.05, 0.1) is 6.61 Å². The molecule has 1 aliphatic rings. The summed E-state index contributed by atoms with van der Waals surface area (Å²) in [4.78, 5) is 12.1. The van der Waals surface area contributed by atoms with Gasteiger partial charge in [-0.3, -0.25) is 10.1 Å². The van der Waals surface area contributed by atoms with Crippen LogP contribution in [0, 0.1) is 0 Å². The zero-order chi connectivity index (χ0) is 12.2. The minimum atomic E-state index is -0.433. The van der Waals surface area contributed by atoms with Gasteiger partial charge in [0, 0.05) is 11.3 Å². The second-order valence-corrected chi connectivity index (χ2v) is 5.84. The molecule has 2 atom stereocenters. The Morgan fingerprint density at radius 3 is 2.75 bits per heavy atom. The lowest BCUT2D eigenvalue weighted by molar-refractivity contribution is -0.151. The molecule has 0 bridgehead atoms. The van der Waals surface area contributed by atoms with Crippen LogP contribution in [0.15, 0.2) is 0 Å². The molecule has 0 saturated heterocycles. The fourth-order valence-corrected chi connectivity index (χ4v) is 3.20. The van der Waals surface area contributed by atoms with E-state index in [-0.39, 0.29) is 5.97 Å². The van der Waals surface area contributed by atoms with Gasteiger partial charge in [0.25, 0.3) is 0 Å². The Hall–Kier alpha value is -0.220. The molecule has 16 heavy (non-hydrogen) atoms. The minimum Gasteiger partial charge on any atom is -0.465 e. The smallest absolute Gasteiger partial charge is 0.326 e. The highest BCUT2D eigenvalue weighted by Crippen LogP contribution is 2.37. The Bertz CT molecular complexity index is 245. The van der Waals surface area contributed by atoms with Crippen LogP contribution in [0.1, 0.15) is 40.0 Å². The zero-order valence-electron chi connectivity index (χ0n) is 10.7. The van der Waals surface area contributed by atoms with Crippen molar-refractivity contribution in [3.05, 3.63) is 0 Å². The standard InChI is InChI=1S/C12H23NO2S/c1-5-15-11(14)12(13-9(2)3)7-6-10(8-12)16-4/h9-10,13H,5-8H2,1-4H3. The van der Waals surface area contributed by atoms with Gasteiger partial charge in [0.2, 0.25) is 0 Å². The van der Waals surface area contributed by atoms with Gasteiger partial charge in [-0.05, 0) is 46.3 Å². The molecule has 0 aromatic heterocycles. The van der Waals surface area contributed by atoms with Gasteiger partial charge in [-0.1, -0.05) is 0 Å². The lowest BCUT2D eigenvalue weighted by Crippen LogP contribution is -2.54. The van der Waals surface area contributed by atoms with Crippen LogP contribution in [0.2, 0.25) is 0 Å². The van der Waals surface area contributed by atoms with Gasteiger partial charge in [-0.25, -0.2) is 0 Å². The molecule has 0 aromatic carbocycles. The van der Waals surface area contributed by atoms with Crippen molar-refractivity contribution >= 4 is 17.7 Å². The van der Waals surface area contributed by atoms with Crippen LogP contribution >= 0.6 is 11.8 Å². The maximum Gasteiger partial charge on any atom is 0.326 e. The Morgan fingerprint density at radius 2 is 2.31 bits per heavy atom. The van der Waals surface area contributed by atoms with E-state index in [4.69, 9.17) is 4.74 Å². The quantitative estimate of drug-likeness (QED) is 0.754. The summed E-state index contributed by atoms with van der Waals surface area (Å²) in [7, 11) is 0. The molecule has 1 rings (SSSR count). The molecule has 1 N–H and O–H groups in total. The summed E-state index contributed by atoms with van der Waals surface area (Å²) in [5.41, 5.74) is -0.433. The third-order valence-electron chi connectivity index (χ3n) is 3.03. The third kappa shape index (κ3) is 3.14. The average Bonchev–Trinajstić information content (AvgIpc) is 2.62. The molecule has 0 heterocycles.